The van der Waals surface area contributed by atoms with Gasteiger partial charge in [0.05, 0.1) is 0 Å². The monoisotopic (exact) mass is 253 g/mol. The molecule has 0 fully saturated rings. The van der Waals surface area contributed by atoms with Crippen molar-refractivity contribution >= 4 is 5.82 Å². The normalized spacial score (nSPS) is 10.9. The summed E-state index contributed by atoms with van der Waals surface area (Å²) in [5.74, 6) is 0.481. The SMILES string of the molecule is CCCn1ccnc(N(CCCO)C(C)C)c1=O. The lowest BCUT2D eigenvalue weighted by molar-refractivity contribution is 0.288. The second-order valence-corrected chi connectivity index (χ2v) is 4.61. The number of aromatic nitrogens is 2. The van der Waals surface area contributed by atoms with Crippen LogP contribution in [0, 0.1) is 0 Å². The Hall–Kier alpha value is -1.36. The largest absolute Gasteiger partial charge is 0.396 e. The Balaban J connectivity index is 3.04. The van der Waals surface area contributed by atoms with Gasteiger partial charge in [-0.3, -0.25) is 4.79 Å². The number of aliphatic hydroxyl groups is 1. The van der Waals surface area contributed by atoms with E-state index in [1.54, 1.807) is 17.0 Å². The van der Waals surface area contributed by atoms with Crippen molar-refractivity contribution in [2.24, 2.45) is 0 Å². The van der Waals surface area contributed by atoms with E-state index in [0.29, 0.717) is 25.3 Å². The molecule has 0 aromatic carbocycles. The molecule has 1 heterocycles. The van der Waals surface area contributed by atoms with Gasteiger partial charge in [-0.2, -0.15) is 0 Å². The third kappa shape index (κ3) is 3.57. The van der Waals surface area contributed by atoms with Crippen LogP contribution in [0.1, 0.15) is 33.6 Å². The summed E-state index contributed by atoms with van der Waals surface area (Å²) in [7, 11) is 0. The molecule has 0 aliphatic heterocycles. The van der Waals surface area contributed by atoms with Gasteiger partial charge in [0.15, 0.2) is 5.82 Å². The van der Waals surface area contributed by atoms with Crippen molar-refractivity contribution < 1.29 is 5.11 Å². The topological polar surface area (TPSA) is 58.4 Å². The van der Waals surface area contributed by atoms with Crippen molar-refractivity contribution in [1.29, 1.82) is 0 Å². The number of hydrogen-bond donors (Lipinski definition) is 1. The van der Waals surface area contributed by atoms with Crippen LogP contribution in [-0.4, -0.2) is 33.9 Å². The van der Waals surface area contributed by atoms with Crippen LogP contribution in [0.3, 0.4) is 0 Å². The predicted molar refractivity (Wildman–Crippen MR) is 73.0 cm³/mol. The van der Waals surface area contributed by atoms with Gasteiger partial charge in [0.1, 0.15) is 0 Å². The maximum atomic E-state index is 12.3. The zero-order valence-electron chi connectivity index (χ0n) is 11.5. The molecule has 18 heavy (non-hydrogen) atoms. The first-order valence-corrected chi connectivity index (χ1v) is 6.54. The summed E-state index contributed by atoms with van der Waals surface area (Å²) in [6.07, 6.45) is 4.95. The van der Waals surface area contributed by atoms with Crippen LogP contribution < -0.4 is 10.5 Å². The van der Waals surface area contributed by atoms with Crippen molar-refractivity contribution in [1.82, 2.24) is 9.55 Å². The maximum absolute atomic E-state index is 12.3. The minimum Gasteiger partial charge on any atom is -0.396 e. The van der Waals surface area contributed by atoms with Crippen LogP contribution in [0.15, 0.2) is 17.2 Å². The van der Waals surface area contributed by atoms with Gasteiger partial charge >= 0.3 is 0 Å². The maximum Gasteiger partial charge on any atom is 0.293 e. The lowest BCUT2D eigenvalue weighted by atomic mass is 10.3. The van der Waals surface area contributed by atoms with Gasteiger partial charge < -0.3 is 14.6 Å². The van der Waals surface area contributed by atoms with Crippen LogP contribution in [0.4, 0.5) is 5.82 Å². The molecule has 0 unspecified atom stereocenters. The zero-order valence-corrected chi connectivity index (χ0v) is 11.5. The third-order valence-corrected chi connectivity index (χ3v) is 2.81. The summed E-state index contributed by atoms with van der Waals surface area (Å²) in [5, 5.41) is 8.92. The highest BCUT2D eigenvalue weighted by molar-refractivity contribution is 5.36. The summed E-state index contributed by atoms with van der Waals surface area (Å²) < 4.78 is 1.69. The van der Waals surface area contributed by atoms with E-state index < -0.39 is 0 Å². The van der Waals surface area contributed by atoms with E-state index in [4.69, 9.17) is 5.11 Å². The Morgan fingerprint density at radius 2 is 2.22 bits per heavy atom. The Bertz CT molecular complexity index is 415. The van der Waals surface area contributed by atoms with E-state index in [-0.39, 0.29) is 18.2 Å². The lowest BCUT2D eigenvalue weighted by Gasteiger charge is -2.27. The minimum atomic E-state index is -0.0500. The van der Waals surface area contributed by atoms with Crippen molar-refractivity contribution in [2.45, 2.75) is 46.2 Å². The number of nitrogens with zero attached hydrogens (tertiary/aromatic N) is 3. The van der Waals surface area contributed by atoms with Crippen molar-refractivity contribution in [3.63, 3.8) is 0 Å². The third-order valence-electron chi connectivity index (χ3n) is 2.81. The van der Waals surface area contributed by atoms with Crippen LogP contribution in [-0.2, 0) is 6.54 Å². The number of anilines is 1. The fraction of sp³-hybridized carbons (Fsp3) is 0.692. The smallest absolute Gasteiger partial charge is 0.293 e. The first-order valence-electron chi connectivity index (χ1n) is 6.54. The molecule has 0 atom stereocenters. The summed E-state index contributed by atoms with van der Waals surface area (Å²) in [4.78, 5) is 18.4. The van der Waals surface area contributed by atoms with E-state index in [9.17, 15) is 4.79 Å². The van der Waals surface area contributed by atoms with Gasteiger partial charge in [0.2, 0.25) is 0 Å². The molecule has 102 valence electrons. The molecule has 5 nitrogen and oxygen atoms in total. The minimum absolute atomic E-state index is 0.0500. The molecule has 0 saturated carbocycles. The van der Waals surface area contributed by atoms with Gasteiger partial charge in [0.25, 0.3) is 5.56 Å². The average Bonchev–Trinajstić information content (AvgIpc) is 2.34. The number of hydrogen-bond acceptors (Lipinski definition) is 4. The highest BCUT2D eigenvalue weighted by atomic mass is 16.3. The van der Waals surface area contributed by atoms with Crippen LogP contribution in [0.25, 0.3) is 0 Å². The molecule has 1 N–H and O–H groups in total. The molecule has 0 amide bonds. The molecule has 0 saturated heterocycles. The zero-order chi connectivity index (χ0) is 13.5. The quantitative estimate of drug-likeness (QED) is 0.794. The number of rotatable bonds is 7. The second kappa shape index (κ2) is 7.16. The molecule has 0 radical (unpaired) electrons. The molecule has 1 rings (SSSR count). The Morgan fingerprint density at radius 1 is 1.50 bits per heavy atom. The van der Waals surface area contributed by atoms with E-state index in [2.05, 4.69) is 4.98 Å². The van der Waals surface area contributed by atoms with E-state index >= 15 is 0 Å². The molecule has 5 heteroatoms. The predicted octanol–water partition coefficient (Wildman–Crippen LogP) is 1.25. The van der Waals surface area contributed by atoms with E-state index in [0.717, 1.165) is 6.42 Å². The fourth-order valence-electron chi connectivity index (χ4n) is 1.90. The van der Waals surface area contributed by atoms with Gasteiger partial charge in [-0.15, -0.1) is 0 Å². The highest BCUT2D eigenvalue weighted by Crippen LogP contribution is 2.09. The van der Waals surface area contributed by atoms with Crippen LogP contribution in [0.2, 0.25) is 0 Å². The van der Waals surface area contributed by atoms with Gasteiger partial charge in [-0.25, -0.2) is 4.98 Å². The van der Waals surface area contributed by atoms with E-state index in [1.807, 2.05) is 25.7 Å². The second-order valence-electron chi connectivity index (χ2n) is 4.61. The molecule has 0 bridgehead atoms. The molecule has 1 aromatic rings. The average molecular weight is 253 g/mol. The summed E-state index contributed by atoms with van der Waals surface area (Å²) in [5.41, 5.74) is -0.0500. The first-order chi connectivity index (χ1) is 8.61. The molecular weight excluding hydrogens is 230 g/mol. The molecule has 1 aromatic heterocycles. The molecular formula is C13H23N3O2. The molecule has 0 aliphatic rings. The molecule has 0 spiro atoms. The fourth-order valence-corrected chi connectivity index (χ4v) is 1.90. The van der Waals surface area contributed by atoms with Gasteiger partial charge in [-0.1, -0.05) is 6.92 Å². The molecule has 0 aliphatic carbocycles. The van der Waals surface area contributed by atoms with Crippen LogP contribution in [0.5, 0.6) is 0 Å². The number of aryl methyl sites for hydroxylation is 1. The van der Waals surface area contributed by atoms with Crippen molar-refractivity contribution in [3.05, 3.63) is 22.7 Å². The van der Waals surface area contributed by atoms with Gasteiger partial charge in [-0.05, 0) is 26.7 Å². The Morgan fingerprint density at radius 3 is 2.78 bits per heavy atom. The van der Waals surface area contributed by atoms with Crippen molar-refractivity contribution in [3.8, 4) is 0 Å². The van der Waals surface area contributed by atoms with Crippen molar-refractivity contribution in [2.75, 3.05) is 18.1 Å². The van der Waals surface area contributed by atoms with Gasteiger partial charge in [0, 0.05) is 38.1 Å². The van der Waals surface area contributed by atoms with E-state index in [1.165, 1.54) is 0 Å². The standard InChI is InChI=1S/C13H23N3O2/c1-4-7-15-9-6-14-12(13(15)18)16(11(2)3)8-5-10-17/h6,9,11,17H,4-5,7-8,10H2,1-3H3. The summed E-state index contributed by atoms with van der Waals surface area (Å²) in [6, 6.07) is 0.189. The Labute approximate surface area is 108 Å². The summed E-state index contributed by atoms with van der Waals surface area (Å²) in [6.45, 7) is 7.57. The lowest BCUT2D eigenvalue weighted by Crippen LogP contribution is -2.38. The van der Waals surface area contributed by atoms with Crippen LogP contribution >= 0.6 is 0 Å². The Kier molecular flexibility index (Phi) is 5.85. The number of aliphatic hydroxyl groups excluding tert-OH is 1. The highest BCUT2D eigenvalue weighted by Gasteiger charge is 2.16. The summed E-state index contributed by atoms with van der Waals surface area (Å²) >= 11 is 0. The first kappa shape index (κ1) is 14.7.